The molecule has 1 amide bonds. The fraction of sp³-hybridized carbons (Fsp3) is 0.444. The van der Waals surface area contributed by atoms with Crippen molar-refractivity contribution in [3.8, 4) is 0 Å². The SMILES string of the molecule is Cc1noc(C)c1CN(C)C(=O)c1ccc(S(=O)(=O)N2CCOCC2)cc1. The summed E-state index contributed by atoms with van der Waals surface area (Å²) in [6.07, 6.45) is 0. The van der Waals surface area contributed by atoms with Crippen molar-refractivity contribution in [3.63, 3.8) is 0 Å². The number of benzene rings is 1. The van der Waals surface area contributed by atoms with Crippen molar-refractivity contribution in [2.24, 2.45) is 0 Å². The van der Waals surface area contributed by atoms with Crippen molar-refractivity contribution in [1.82, 2.24) is 14.4 Å². The Morgan fingerprint density at radius 2 is 1.81 bits per heavy atom. The van der Waals surface area contributed by atoms with Crippen LogP contribution in [-0.2, 0) is 21.3 Å². The molecule has 0 aliphatic carbocycles. The van der Waals surface area contributed by atoms with Crippen LogP contribution in [0.25, 0.3) is 0 Å². The molecule has 8 nitrogen and oxygen atoms in total. The Bertz CT molecular complexity index is 895. The summed E-state index contributed by atoms with van der Waals surface area (Å²) in [5.74, 6) is 0.476. The van der Waals surface area contributed by atoms with E-state index in [9.17, 15) is 13.2 Å². The second kappa shape index (κ2) is 7.79. The first-order valence-corrected chi connectivity index (χ1v) is 10.1. The van der Waals surface area contributed by atoms with Crippen molar-refractivity contribution < 1.29 is 22.5 Å². The molecule has 3 rings (SSSR count). The second-order valence-corrected chi connectivity index (χ2v) is 8.44. The van der Waals surface area contributed by atoms with Crippen LogP contribution in [0.5, 0.6) is 0 Å². The van der Waals surface area contributed by atoms with E-state index in [1.165, 1.54) is 16.4 Å². The zero-order valence-corrected chi connectivity index (χ0v) is 16.5. The molecule has 9 heteroatoms. The topological polar surface area (TPSA) is 93.0 Å². The molecule has 1 aromatic carbocycles. The molecular weight excluding hydrogens is 370 g/mol. The minimum atomic E-state index is -3.57. The van der Waals surface area contributed by atoms with E-state index >= 15 is 0 Å². The van der Waals surface area contributed by atoms with Crippen LogP contribution >= 0.6 is 0 Å². The van der Waals surface area contributed by atoms with Crippen LogP contribution < -0.4 is 0 Å². The Balaban J connectivity index is 1.73. The molecule has 0 radical (unpaired) electrons. The Labute approximate surface area is 158 Å². The van der Waals surface area contributed by atoms with Crippen molar-refractivity contribution in [2.45, 2.75) is 25.3 Å². The predicted octanol–water partition coefficient (Wildman–Crippen LogP) is 1.58. The Morgan fingerprint density at radius 1 is 1.19 bits per heavy atom. The molecule has 2 aromatic rings. The van der Waals surface area contributed by atoms with E-state index in [-0.39, 0.29) is 10.8 Å². The Kier molecular flexibility index (Phi) is 5.64. The van der Waals surface area contributed by atoms with E-state index in [0.717, 1.165) is 11.3 Å². The highest BCUT2D eigenvalue weighted by Gasteiger charge is 2.26. The fourth-order valence-electron chi connectivity index (χ4n) is 2.96. The minimum Gasteiger partial charge on any atom is -0.379 e. The number of aromatic nitrogens is 1. The fourth-order valence-corrected chi connectivity index (χ4v) is 4.37. The summed E-state index contributed by atoms with van der Waals surface area (Å²) in [6, 6.07) is 6.03. The van der Waals surface area contributed by atoms with Gasteiger partial charge >= 0.3 is 0 Å². The molecular formula is C18H23N3O5S. The normalized spacial score (nSPS) is 15.7. The number of carbonyl (C=O) groups is 1. The van der Waals surface area contributed by atoms with Gasteiger partial charge in [-0.15, -0.1) is 0 Å². The van der Waals surface area contributed by atoms with Gasteiger partial charge in [0.05, 0.1) is 30.3 Å². The van der Waals surface area contributed by atoms with Gasteiger partial charge in [-0.3, -0.25) is 4.79 Å². The maximum absolute atomic E-state index is 12.7. The smallest absolute Gasteiger partial charge is 0.253 e. The van der Waals surface area contributed by atoms with Gasteiger partial charge in [0, 0.05) is 31.3 Å². The lowest BCUT2D eigenvalue weighted by Gasteiger charge is -2.26. The van der Waals surface area contributed by atoms with Crippen LogP contribution in [0.1, 0.15) is 27.4 Å². The molecule has 0 bridgehead atoms. The summed E-state index contributed by atoms with van der Waals surface area (Å²) in [5, 5.41) is 3.89. The molecule has 0 N–H and O–H groups in total. The number of amides is 1. The number of nitrogens with zero attached hydrogens (tertiary/aromatic N) is 3. The van der Waals surface area contributed by atoms with Crippen molar-refractivity contribution in [2.75, 3.05) is 33.4 Å². The zero-order chi connectivity index (χ0) is 19.6. The number of sulfonamides is 1. The van der Waals surface area contributed by atoms with Gasteiger partial charge in [0.25, 0.3) is 5.91 Å². The number of morpholine rings is 1. The van der Waals surface area contributed by atoms with E-state index < -0.39 is 10.0 Å². The summed E-state index contributed by atoms with van der Waals surface area (Å²) < 4.78 is 37.0. The van der Waals surface area contributed by atoms with Gasteiger partial charge in [-0.25, -0.2) is 8.42 Å². The lowest BCUT2D eigenvalue weighted by Crippen LogP contribution is -2.40. The molecule has 2 heterocycles. The quantitative estimate of drug-likeness (QED) is 0.766. The molecule has 0 atom stereocenters. The highest BCUT2D eigenvalue weighted by Crippen LogP contribution is 2.19. The van der Waals surface area contributed by atoms with Crippen molar-refractivity contribution in [3.05, 3.63) is 46.8 Å². The summed E-state index contributed by atoms with van der Waals surface area (Å²) in [7, 11) is -1.88. The van der Waals surface area contributed by atoms with Crippen LogP contribution in [0.2, 0.25) is 0 Å². The Morgan fingerprint density at radius 3 is 2.37 bits per heavy atom. The number of rotatable bonds is 5. The zero-order valence-electron chi connectivity index (χ0n) is 15.6. The van der Waals surface area contributed by atoms with Crippen LogP contribution in [0.4, 0.5) is 0 Å². The number of aryl methyl sites for hydroxylation is 2. The molecule has 0 spiro atoms. The first kappa shape index (κ1) is 19.5. The van der Waals surface area contributed by atoms with E-state index in [1.54, 1.807) is 31.0 Å². The highest BCUT2D eigenvalue weighted by atomic mass is 32.2. The molecule has 146 valence electrons. The summed E-state index contributed by atoms with van der Waals surface area (Å²) >= 11 is 0. The summed E-state index contributed by atoms with van der Waals surface area (Å²) in [4.78, 5) is 14.4. The van der Waals surface area contributed by atoms with Gasteiger partial charge in [0.15, 0.2) is 0 Å². The third-order valence-corrected chi connectivity index (χ3v) is 6.55. The molecule has 1 aromatic heterocycles. The van der Waals surface area contributed by atoms with Crippen LogP contribution in [0, 0.1) is 13.8 Å². The van der Waals surface area contributed by atoms with Gasteiger partial charge in [0.2, 0.25) is 10.0 Å². The lowest BCUT2D eigenvalue weighted by molar-refractivity contribution is 0.0730. The average Bonchev–Trinajstić information content (AvgIpc) is 3.00. The van der Waals surface area contributed by atoms with Crippen molar-refractivity contribution in [1.29, 1.82) is 0 Å². The number of ether oxygens (including phenoxy) is 1. The van der Waals surface area contributed by atoms with Gasteiger partial charge in [0.1, 0.15) is 5.76 Å². The van der Waals surface area contributed by atoms with Gasteiger partial charge in [-0.1, -0.05) is 5.16 Å². The van der Waals surface area contributed by atoms with E-state index in [4.69, 9.17) is 9.26 Å². The molecule has 0 saturated carbocycles. The summed E-state index contributed by atoms with van der Waals surface area (Å²) in [6.45, 7) is 5.46. The molecule has 1 aliphatic heterocycles. The third kappa shape index (κ3) is 4.05. The molecule has 1 saturated heterocycles. The highest BCUT2D eigenvalue weighted by molar-refractivity contribution is 7.89. The molecule has 0 unspecified atom stereocenters. The van der Waals surface area contributed by atoms with E-state index in [2.05, 4.69) is 5.16 Å². The van der Waals surface area contributed by atoms with E-state index in [0.29, 0.717) is 44.2 Å². The second-order valence-electron chi connectivity index (χ2n) is 6.50. The monoisotopic (exact) mass is 393 g/mol. The molecule has 1 fully saturated rings. The standard InChI is InChI=1S/C18H23N3O5S/c1-13-17(14(2)26-19-13)12-20(3)18(22)15-4-6-16(7-5-15)27(23,24)21-8-10-25-11-9-21/h4-7H,8-12H2,1-3H3. The van der Waals surface area contributed by atoms with Crippen LogP contribution in [0.15, 0.2) is 33.7 Å². The molecule has 27 heavy (non-hydrogen) atoms. The number of carbonyl (C=O) groups excluding carboxylic acids is 1. The lowest BCUT2D eigenvalue weighted by atomic mass is 10.1. The largest absolute Gasteiger partial charge is 0.379 e. The number of hydrogen-bond acceptors (Lipinski definition) is 6. The van der Waals surface area contributed by atoms with Crippen LogP contribution in [-0.4, -0.2) is 62.0 Å². The maximum atomic E-state index is 12.7. The Hall–Kier alpha value is -2.23. The maximum Gasteiger partial charge on any atom is 0.253 e. The van der Waals surface area contributed by atoms with E-state index in [1.807, 2.05) is 6.92 Å². The van der Waals surface area contributed by atoms with Gasteiger partial charge in [-0.05, 0) is 38.1 Å². The first-order chi connectivity index (χ1) is 12.8. The van der Waals surface area contributed by atoms with Gasteiger partial charge < -0.3 is 14.2 Å². The predicted molar refractivity (Wildman–Crippen MR) is 97.8 cm³/mol. The van der Waals surface area contributed by atoms with Crippen molar-refractivity contribution >= 4 is 15.9 Å². The van der Waals surface area contributed by atoms with Gasteiger partial charge in [-0.2, -0.15) is 4.31 Å². The van der Waals surface area contributed by atoms with Crippen LogP contribution in [0.3, 0.4) is 0 Å². The molecule has 1 aliphatic rings. The summed E-state index contributed by atoms with van der Waals surface area (Å²) in [5.41, 5.74) is 2.04. The minimum absolute atomic E-state index is 0.175. The third-order valence-electron chi connectivity index (χ3n) is 4.63. The number of hydrogen-bond donors (Lipinski definition) is 0. The first-order valence-electron chi connectivity index (χ1n) is 8.66. The average molecular weight is 393 g/mol.